The van der Waals surface area contributed by atoms with E-state index in [1.54, 1.807) is 13.2 Å². The van der Waals surface area contributed by atoms with Crippen molar-refractivity contribution in [3.63, 3.8) is 0 Å². The molecule has 0 bridgehead atoms. The summed E-state index contributed by atoms with van der Waals surface area (Å²) in [6.07, 6.45) is -6.55. The van der Waals surface area contributed by atoms with Gasteiger partial charge in [0, 0.05) is 25.0 Å². The maximum absolute atomic E-state index is 12.5. The Morgan fingerprint density at radius 1 is 1.22 bits per heavy atom. The average Bonchev–Trinajstić information content (AvgIpc) is 2.94. The summed E-state index contributed by atoms with van der Waals surface area (Å²) < 4.78 is 69.9. The fourth-order valence-electron chi connectivity index (χ4n) is 2.41. The lowest BCUT2D eigenvalue weighted by Gasteiger charge is -2.23. The standard InChI is InChI=1S/C17H26F3NO5S/c1-15(2,11-25-5)13-9-12(26-21-13)10-14(22)16(3,4)27(23,24)8-6-7-17(18,19)20/h9H,6-8,10-11H2,1-5H3. The van der Waals surface area contributed by atoms with Crippen LogP contribution in [0, 0.1) is 0 Å². The molecular formula is C17H26F3NO5S. The zero-order valence-corrected chi connectivity index (χ0v) is 17.0. The lowest BCUT2D eigenvalue weighted by molar-refractivity contribution is -0.134. The molecule has 0 atom stereocenters. The number of Topliss-reactive ketones (excluding diaryl/α,β-unsaturated/α-hetero) is 1. The van der Waals surface area contributed by atoms with Crippen molar-refractivity contribution in [2.24, 2.45) is 0 Å². The number of aromatic nitrogens is 1. The van der Waals surface area contributed by atoms with Gasteiger partial charge < -0.3 is 9.26 Å². The molecule has 1 aromatic heterocycles. The highest BCUT2D eigenvalue weighted by Gasteiger charge is 2.42. The molecule has 6 nitrogen and oxygen atoms in total. The van der Waals surface area contributed by atoms with Crippen molar-refractivity contribution in [2.75, 3.05) is 19.5 Å². The Hall–Kier alpha value is -1.42. The van der Waals surface area contributed by atoms with Crippen molar-refractivity contribution >= 4 is 15.6 Å². The number of nitrogens with zero attached hydrogens (tertiary/aromatic N) is 1. The molecule has 0 aliphatic carbocycles. The summed E-state index contributed by atoms with van der Waals surface area (Å²) in [6, 6.07) is 1.56. The Morgan fingerprint density at radius 3 is 2.33 bits per heavy atom. The zero-order valence-electron chi connectivity index (χ0n) is 16.1. The number of methoxy groups -OCH3 is 1. The monoisotopic (exact) mass is 413 g/mol. The van der Waals surface area contributed by atoms with Crippen LogP contribution in [0.2, 0.25) is 0 Å². The van der Waals surface area contributed by atoms with Gasteiger partial charge in [-0.15, -0.1) is 0 Å². The molecule has 0 fully saturated rings. The molecule has 1 rings (SSSR count). The molecule has 1 heterocycles. The first-order chi connectivity index (χ1) is 12.1. The van der Waals surface area contributed by atoms with E-state index < -0.39 is 50.6 Å². The minimum absolute atomic E-state index is 0.192. The van der Waals surface area contributed by atoms with Crippen LogP contribution in [0.5, 0.6) is 0 Å². The first kappa shape index (κ1) is 23.6. The average molecular weight is 413 g/mol. The minimum atomic E-state index is -4.44. The van der Waals surface area contributed by atoms with Crippen LogP contribution >= 0.6 is 0 Å². The topological polar surface area (TPSA) is 86.5 Å². The number of ketones is 1. The maximum Gasteiger partial charge on any atom is 0.389 e. The third-order valence-corrected chi connectivity index (χ3v) is 7.02. The second-order valence-electron chi connectivity index (χ2n) is 7.64. The first-order valence-electron chi connectivity index (χ1n) is 8.40. The first-order valence-corrected chi connectivity index (χ1v) is 10.0. The number of carbonyl (C=O) groups is 1. The SMILES string of the molecule is COCC(C)(C)c1cc(CC(=O)C(C)(C)S(=O)(=O)CCCC(F)(F)F)on1. The van der Waals surface area contributed by atoms with Crippen LogP contribution in [0.3, 0.4) is 0 Å². The van der Waals surface area contributed by atoms with E-state index in [1.807, 2.05) is 13.8 Å². The van der Waals surface area contributed by atoms with Crippen molar-refractivity contribution in [1.82, 2.24) is 5.16 Å². The second-order valence-corrected chi connectivity index (χ2v) is 10.3. The largest absolute Gasteiger partial charge is 0.389 e. The zero-order chi connectivity index (χ0) is 21.1. The van der Waals surface area contributed by atoms with Crippen molar-refractivity contribution in [2.45, 2.75) is 63.3 Å². The van der Waals surface area contributed by atoms with Crippen LogP contribution in [0.1, 0.15) is 52.0 Å². The summed E-state index contributed by atoms with van der Waals surface area (Å²) in [5.74, 6) is -1.19. The van der Waals surface area contributed by atoms with Crippen LogP contribution in [0.15, 0.2) is 10.6 Å². The lowest BCUT2D eigenvalue weighted by Crippen LogP contribution is -2.43. The molecule has 0 N–H and O–H groups in total. The fourth-order valence-corrected chi connectivity index (χ4v) is 3.87. The van der Waals surface area contributed by atoms with Gasteiger partial charge in [0.25, 0.3) is 0 Å². The summed E-state index contributed by atoms with van der Waals surface area (Å²) in [4.78, 5) is 12.5. The maximum atomic E-state index is 12.5. The quantitative estimate of drug-likeness (QED) is 0.585. The Balaban J connectivity index is 2.84. The number of rotatable bonds is 10. The number of alkyl halides is 3. The predicted octanol–water partition coefficient (Wildman–Crippen LogP) is 3.25. The van der Waals surface area contributed by atoms with Gasteiger partial charge in [0.1, 0.15) is 10.5 Å². The van der Waals surface area contributed by atoms with Gasteiger partial charge in [-0.2, -0.15) is 13.2 Å². The molecule has 0 radical (unpaired) electrons. The lowest BCUT2D eigenvalue weighted by atomic mass is 9.90. The van der Waals surface area contributed by atoms with Gasteiger partial charge in [0.2, 0.25) is 0 Å². The van der Waals surface area contributed by atoms with Gasteiger partial charge in [-0.1, -0.05) is 19.0 Å². The van der Waals surface area contributed by atoms with Gasteiger partial charge in [-0.05, 0) is 20.3 Å². The third kappa shape index (κ3) is 6.31. The van der Waals surface area contributed by atoms with Crippen LogP contribution in [0.25, 0.3) is 0 Å². The molecule has 156 valence electrons. The second kappa shape index (κ2) is 8.30. The molecule has 0 aromatic carbocycles. The summed E-state index contributed by atoms with van der Waals surface area (Å²) >= 11 is 0. The third-order valence-electron chi connectivity index (χ3n) is 4.41. The van der Waals surface area contributed by atoms with Crippen molar-refractivity contribution in [1.29, 1.82) is 0 Å². The highest BCUT2D eigenvalue weighted by Crippen LogP contribution is 2.27. The molecule has 0 amide bonds. The van der Waals surface area contributed by atoms with E-state index in [-0.39, 0.29) is 12.2 Å². The molecule has 0 spiro atoms. The number of carbonyl (C=O) groups excluding carboxylic acids is 1. The van der Waals surface area contributed by atoms with Crippen molar-refractivity contribution < 1.29 is 35.6 Å². The summed E-state index contributed by atoms with van der Waals surface area (Å²) in [5.41, 5.74) is 0.0941. The molecular weight excluding hydrogens is 387 g/mol. The summed E-state index contributed by atoms with van der Waals surface area (Å²) in [5, 5.41) is 3.90. The Labute approximate surface area is 157 Å². The van der Waals surface area contributed by atoms with Gasteiger partial charge in [-0.3, -0.25) is 4.79 Å². The number of hydrogen-bond donors (Lipinski definition) is 0. The van der Waals surface area contributed by atoms with E-state index in [0.29, 0.717) is 12.3 Å². The van der Waals surface area contributed by atoms with E-state index in [0.717, 1.165) is 0 Å². The summed E-state index contributed by atoms with van der Waals surface area (Å²) in [6.45, 7) is 6.50. The van der Waals surface area contributed by atoms with Gasteiger partial charge >= 0.3 is 6.18 Å². The number of hydrogen-bond acceptors (Lipinski definition) is 6. The molecule has 0 unspecified atom stereocenters. The number of ether oxygens (including phenoxy) is 1. The van der Waals surface area contributed by atoms with Gasteiger partial charge in [0.15, 0.2) is 15.6 Å². The fraction of sp³-hybridized carbons (Fsp3) is 0.765. The van der Waals surface area contributed by atoms with E-state index >= 15 is 0 Å². The van der Waals surface area contributed by atoms with Crippen LogP contribution in [-0.2, 0) is 31.2 Å². The molecule has 0 saturated carbocycles. The van der Waals surface area contributed by atoms with E-state index in [2.05, 4.69) is 5.16 Å². The molecule has 0 aliphatic heterocycles. The molecule has 27 heavy (non-hydrogen) atoms. The molecule has 1 aromatic rings. The minimum Gasteiger partial charge on any atom is -0.384 e. The van der Waals surface area contributed by atoms with Gasteiger partial charge in [-0.25, -0.2) is 8.42 Å². The Kier molecular flexibility index (Phi) is 7.26. The number of halogens is 3. The Morgan fingerprint density at radius 2 is 1.81 bits per heavy atom. The highest BCUT2D eigenvalue weighted by molar-refractivity contribution is 7.93. The van der Waals surface area contributed by atoms with Crippen LogP contribution < -0.4 is 0 Å². The Bertz CT molecular complexity index is 751. The molecule has 10 heteroatoms. The van der Waals surface area contributed by atoms with E-state index in [1.165, 1.54) is 13.8 Å². The van der Waals surface area contributed by atoms with E-state index in [4.69, 9.17) is 9.26 Å². The van der Waals surface area contributed by atoms with Crippen molar-refractivity contribution in [3.8, 4) is 0 Å². The van der Waals surface area contributed by atoms with Crippen molar-refractivity contribution in [3.05, 3.63) is 17.5 Å². The highest BCUT2D eigenvalue weighted by atomic mass is 32.2. The van der Waals surface area contributed by atoms with Crippen LogP contribution in [-0.4, -0.2) is 49.8 Å². The smallest absolute Gasteiger partial charge is 0.384 e. The van der Waals surface area contributed by atoms with Crippen LogP contribution in [0.4, 0.5) is 13.2 Å². The normalized spacial score (nSPS) is 13.8. The van der Waals surface area contributed by atoms with E-state index in [9.17, 15) is 26.4 Å². The summed E-state index contributed by atoms with van der Waals surface area (Å²) in [7, 11) is -2.52. The molecule has 0 aliphatic rings. The van der Waals surface area contributed by atoms with Gasteiger partial charge in [0.05, 0.1) is 24.5 Å². The predicted molar refractivity (Wildman–Crippen MR) is 93.3 cm³/mol. The molecule has 0 saturated heterocycles. The number of sulfone groups is 1.